The second-order valence-corrected chi connectivity index (χ2v) is 12.4. The minimum absolute atomic E-state index is 0.0165. The summed E-state index contributed by atoms with van der Waals surface area (Å²) in [5, 5.41) is 2.51. The van der Waals surface area contributed by atoms with Crippen LogP contribution in [0.2, 0.25) is 18.1 Å². The second kappa shape index (κ2) is 8.72. The van der Waals surface area contributed by atoms with Crippen LogP contribution in [-0.2, 0) is 14.0 Å². The van der Waals surface area contributed by atoms with Crippen LogP contribution in [0.1, 0.15) is 37.6 Å². The highest BCUT2D eigenvalue weighted by atomic mass is 28.4. The smallest absolute Gasteiger partial charge is 0.328 e. The molecule has 0 radical (unpaired) electrons. The molecule has 8 heteroatoms. The molecule has 146 valence electrons. The molecule has 1 amide bonds. The molecule has 1 rings (SSSR count). The van der Waals surface area contributed by atoms with Gasteiger partial charge in [0.15, 0.2) is 20.0 Å². The Morgan fingerprint density at radius 3 is 2.31 bits per heavy atom. The van der Waals surface area contributed by atoms with E-state index in [0.29, 0.717) is 0 Å². The summed E-state index contributed by atoms with van der Waals surface area (Å²) in [6.45, 7) is 10.7. The van der Waals surface area contributed by atoms with Crippen LogP contribution in [0.5, 0.6) is 0 Å². The van der Waals surface area contributed by atoms with Gasteiger partial charge in [-0.3, -0.25) is 4.79 Å². The zero-order chi connectivity index (χ0) is 20.1. The van der Waals surface area contributed by atoms with Gasteiger partial charge in [-0.2, -0.15) is 0 Å². The van der Waals surface area contributed by atoms with E-state index in [9.17, 15) is 18.4 Å². The Hall–Kier alpha value is -1.80. The summed E-state index contributed by atoms with van der Waals surface area (Å²) in [6.07, 6.45) is 0.217. The first-order valence-electron chi connectivity index (χ1n) is 8.37. The Kier molecular flexibility index (Phi) is 7.46. The number of carbonyl (C=O) groups is 2. The average Bonchev–Trinajstić information content (AvgIpc) is 2.54. The number of ether oxygens (including phenoxy) is 1. The molecule has 26 heavy (non-hydrogen) atoms. The summed E-state index contributed by atoms with van der Waals surface area (Å²) in [5.41, 5.74) is -0.0804. The molecule has 0 aliphatic carbocycles. The predicted molar refractivity (Wildman–Crippen MR) is 97.4 cm³/mol. The normalized spacial score (nSPS) is 13.2. The van der Waals surface area contributed by atoms with Crippen molar-refractivity contribution in [3.8, 4) is 0 Å². The first kappa shape index (κ1) is 22.2. The number of esters is 1. The Bertz CT molecular complexity index is 659. The monoisotopic (exact) mass is 387 g/mol. The van der Waals surface area contributed by atoms with Crippen molar-refractivity contribution in [2.24, 2.45) is 0 Å². The third-order valence-electron chi connectivity index (χ3n) is 4.65. The lowest BCUT2D eigenvalue weighted by Gasteiger charge is -2.36. The molecule has 1 aromatic rings. The van der Waals surface area contributed by atoms with E-state index in [4.69, 9.17) is 9.16 Å². The number of amides is 1. The van der Waals surface area contributed by atoms with Gasteiger partial charge in [0.2, 0.25) is 0 Å². The van der Waals surface area contributed by atoms with Crippen molar-refractivity contribution < 1.29 is 27.5 Å². The Balaban J connectivity index is 2.77. The van der Waals surface area contributed by atoms with E-state index in [-0.39, 0.29) is 23.6 Å². The highest BCUT2D eigenvalue weighted by molar-refractivity contribution is 6.74. The topological polar surface area (TPSA) is 64.6 Å². The van der Waals surface area contributed by atoms with Crippen molar-refractivity contribution >= 4 is 20.2 Å². The molecule has 1 N–H and O–H groups in total. The molecule has 0 aromatic heterocycles. The van der Waals surface area contributed by atoms with Gasteiger partial charge in [-0.05, 0) is 36.3 Å². The molecule has 1 aromatic carbocycles. The number of halogens is 2. The summed E-state index contributed by atoms with van der Waals surface area (Å²) in [7, 11) is -0.774. The standard InChI is InChI=1S/C18H27F2NO4Si/c1-18(2,3)26(5,6)25-10-9-15(17(23)24-4)21-16(22)12-7-8-13(19)14(20)11-12/h7-8,11,15H,9-10H2,1-6H3,(H,21,22)/t15-/m1/s1. The Morgan fingerprint density at radius 1 is 1.19 bits per heavy atom. The largest absolute Gasteiger partial charge is 0.467 e. The molecule has 0 saturated carbocycles. The number of methoxy groups -OCH3 is 1. The van der Waals surface area contributed by atoms with Crippen LogP contribution in [-0.4, -0.2) is 40.0 Å². The second-order valence-electron chi connectivity index (χ2n) is 7.58. The van der Waals surface area contributed by atoms with Gasteiger partial charge in [-0.15, -0.1) is 0 Å². The highest BCUT2D eigenvalue weighted by Crippen LogP contribution is 2.36. The molecule has 0 heterocycles. The molecule has 0 spiro atoms. The van der Waals surface area contributed by atoms with Gasteiger partial charge in [0, 0.05) is 18.6 Å². The van der Waals surface area contributed by atoms with Gasteiger partial charge in [0.05, 0.1) is 7.11 Å². The van der Waals surface area contributed by atoms with E-state index in [1.54, 1.807) is 0 Å². The van der Waals surface area contributed by atoms with Crippen molar-refractivity contribution in [3.63, 3.8) is 0 Å². The van der Waals surface area contributed by atoms with Crippen LogP contribution in [0.25, 0.3) is 0 Å². The van der Waals surface area contributed by atoms with Crippen LogP contribution in [0.4, 0.5) is 8.78 Å². The first-order valence-corrected chi connectivity index (χ1v) is 11.3. The SMILES string of the molecule is COC(=O)[C@@H](CCO[Si](C)(C)C(C)(C)C)NC(=O)c1ccc(F)c(F)c1. The van der Waals surface area contributed by atoms with Gasteiger partial charge in [0.1, 0.15) is 6.04 Å². The fraction of sp³-hybridized carbons (Fsp3) is 0.556. The van der Waals surface area contributed by atoms with Crippen molar-refractivity contribution in [3.05, 3.63) is 35.4 Å². The predicted octanol–water partition coefficient (Wildman–Crippen LogP) is 3.65. The average molecular weight is 387 g/mol. The van der Waals surface area contributed by atoms with Gasteiger partial charge in [-0.25, -0.2) is 13.6 Å². The molecule has 0 unspecified atom stereocenters. The van der Waals surface area contributed by atoms with Gasteiger partial charge in [-0.1, -0.05) is 20.8 Å². The summed E-state index contributed by atoms with van der Waals surface area (Å²) >= 11 is 0. The minimum Gasteiger partial charge on any atom is -0.467 e. The van der Waals surface area contributed by atoms with Crippen LogP contribution < -0.4 is 5.32 Å². The third-order valence-corrected chi connectivity index (χ3v) is 9.19. The number of hydrogen-bond donors (Lipinski definition) is 1. The summed E-state index contributed by atoms with van der Waals surface area (Å²) in [6, 6.07) is 1.85. The number of hydrogen-bond acceptors (Lipinski definition) is 4. The molecule has 0 aliphatic rings. The van der Waals surface area contributed by atoms with Gasteiger partial charge >= 0.3 is 5.97 Å². The molecule has 0 saturated heterocycles. The maximum atomic E-state index is 13.3. The maximum Gasteiger partial charge on any atom is 0.328 e. The number of nitrogens with one attached hydrogen (secondary N) is 1. The van der Waals surface area contributed by atoms with Gasteiger partial charge < -0.3 is 14.5 Å². The van der Waals surface area contributed by atoms with Crippen LogP contribution >= 0.6 is 0 Å². The molecular formula is C18H27F2NO4Si. The van der Waals surface area contributed by atoms with Crippen molar-refractivity contribution in [1.82, 2.24) is 5.32 Å². The van der Waals surface area contributed by atoms with Crippen molar-refractivity contribution in [2.75, 3.05) is 13.7 Å². The summed E-state index contributed by atoms with van der Waals surface area (Å²) in [4.78, 5) is 24.2. The lowest BCUT2D eigenvalue weighted by molar-refractivity contribution is -0.143. The zero-order valence-corrected chi connectivity index (χ0v) is 17.1. The van der Waals surface area contributed by atoms with Crippen LogP contribution in [0.3, 0.4) is 0 Å². The van der Waals surface area contributed by atoms with E-state index in [0.717, 1.165) is 18.2 Å². The highest BCUT2D eigenvalue weighted by Gasteiger charge is 2.37. The van der Waals surface area contributed by atoms with E-state index in [2.05, 4.69) is 39.2 Å². The summed E-state index contributed by atoms with van der Waals surface area (Å²) in [5.74, 6) is -3.49. The fourth-order valence-electron chi connectivity index (χ4n) is 1.92. The molecular weight excluding hydrogens is 360 g/mol. The van der Waals surface area contributed by atoms with Crippen LogP contribution in [0.15, 0.2) is 18.2 Å². The third kappa shape index (κ3) is 5.88. The number of benzene rings is 1. The molecule has 0 fully saturated rings. The van der Waals surface area contributed by atoms with E-state index in [1.807, 2.05) is 0 Å². The van der Waals surface area contributed by atoms with Crippen molar-refractivity contribution in [1.29, 1.82) is 0 Å². The van der Waals surface area contributed by atoms with Gasteiger partial charge in [0.25, 0.3) is 5.91 Å². The molecule has 0 aliphatic heterocycles. The summed E-state index contributed by atoms with van der Waals surface area (Å²) < 4.78 is 37.0. The molecule has 1 atom stereocenters. The maximum absolute atomic E-state index is 13.3. The number of carbonyl (C=O) groups excluding carboxylic acids is 2. The minimum atomic E-state index is -1.99. The Labute approximate surface area is 154 Å². The van der Waals surface area contributed by atoms with E-state index >= 15 is 0 Å². The number of rotatable bonds is 7. The zero-order valence-electron chi connectivity index (χ0n) is 16.1. The molecule has 5 nitrogen and oxygen atoms in total. The molecule has 0 bridgehead atoms. The van der Waals surface area contributed by atoms with E-state index in [1.165, 1.54) is 7.11 Å². The van der Waals surface area contributed by atoms with Crippen LogP contribution in [0, 0.1) is 11.6 Å². The van der Waals surface area contributed by atoms with E-state index < -0.39 is 37.9 Å². The van der Waals surface area contributed by atoms with Crippen molar-refractivity contribution in [2.45, 2.75) is 51.4 Å². The Morgan fingerprint density at radius 2 is 1.81 bits per heavy atom. The first-order chi connectivity index (χ1) is 11.9. The quantitative estimate of drug-likeness (QED) is 0.573. The lowest BCUT2D eigenvalue weighted by atomic mass is 10.1. The fourth-order valence-corrected chi connectivity index (χ4v) is 2.98. The lowest BCUT2D eigenvalue weighted by Crippen LogP contribution is -2.45.